The fourth-order valence-electron chi connectivity index (χ4n) is 1.42. The molecule has 0 atom stereocenters. The fourth-order valence-corrected chi connectivity index (χ4v) is 2.35. The average Bonchev–Trinajstić information content (AvgIpc) is 2.78. The zero-order valence-electron chi connectivity index (χ0n) is 10.1. The predicted molar refractivity (Wildman–Crippen MR) is 69.3 cm³/mol. The molecule has 2 rings (SSSR count). The topological polar surface area (TPSA) is 42.4 Å². The van der Waals surface area contributed by atoms with Crippen molar-refractivity contribution in [2.45, 2.75) is 19.4 Å². The van der Waals surface area contributed by atoms with Crippen LogP contribution in [0.4, 0.5) is 0 Å². The Morgan fingerprint density at radius 3 is 2.35 bits per heavy atom. The molecule has 0 saturated heterocycles. The number of rotatable bonds is 3. The van der Waals surface area contributed by atoms with E-state index in [9.17, 15) is 5.11 Å². The van der Waals surface area contributed by atoms with Crippen molar-refractivity contribution >= 4 is 11.3 Å². The third kappa shape index (κ3) is 2.65. The molecular formula is C13H15NO2S. The van der Waals surface area contributed by atoms with E-state index in [4.69, 9.17) is 4.74 Å². The number of benzene rings is 1. The molecule has 3 nitrogen and oxygen atoms in total. The molecule has 0 spiro atoms. The van der Waals surface area contributed by atoms with Crippen molar-refractivity contribution in [1.82, 2.24) is 4.98 Å². The minimum absolute atomic E-state index is 0.827. The standard InChI is InChI=1S/C13H15NO2S/c1-13(2,15)11-8-14-12(17-11)9-4-6-10(16-3)7-5-9/h4-8,15H,1-3H3. The van der Waals surface area contributed by atoms with Gasteiger partial charge >= 0.3 is 0 Å². The number of nitrogens with zero attached hydrogens (tertiary/aromatic N) is 1. The Hall–Kier alpha value is -1.39. The number of methoxy groups -OCH3 is 1. The molecule has 1 N–H and O–H groups in total. The molecule has 0 unspecified atom stereocenters. The first-order chi connectivity index (χ1) is 8.00. The van der Waals surface area contributed by atoms with Crippen LogP contribution in [0.5, 0.6) is 5.75 Å². The Kier molecular flexibility index (Phi) is 3.17. The molecule has 1 aromatic carbocycles. The van der Waals surface area contributed by atoms with Gasteiger partial charge in [0.1, 0.15) is 10.8 Å². The Bertz CT molecular complexity index is 497. The molecule has 90 valence electrons. The van der Waals surface area contributed by atoms with Crippen molar-refractivity contribution in [3.05, 3.63) is 35.3 Å². The van der Waals surface area contributed by atoms with Gasteiger partial charge in [0, 0.05) is 11.8 Å². The van der Waals surface area contributed by atoms with Crippen molar-refractivity contribution in [1.29, 1.82) is 0 Å². The SMILES string of the molecule is COc1ccc(-c2ncc(C(C)(C)O)s2)cc1. The molecule has 1 aromatic heterocycles. The second-order valence-corrected chi connectivity index (χ2v) is 5.35. The summed E-state index contributed by atoms with van der Waals surface area (Å²) in [6, 6.07) is 7.73. The lowest BCUT2D eigenvalue weighted by Gasteiger charge is -2.13. The smallest absolute Gasteiger partial charge is 0.123 e. The summed E-state index contributed by atoms with van der Waals surface area (Å²) in [6.45, 7) is 3.52. The van der Waals surface area contributed by atoms with E-state index < -0.39 is 5.60 Å². The van der Waals surface area contributed by atoms with Gasteiger partial charge in [-0.3, -0.25) is 0 Å². The Morgan fingerprint density at radius 2 is 1.88 bits per heavy atom. The van der Waals surface area contributed by atoms with Gasteiger partial charge in [-0.25, -0.2) is 4.98 Å². The predicted octanol–water partition coefficient (Wildman–Crippen LogP) is 3.05. The number of hydrogen-bond donors (Lipinski definition) is 1. The van der Waals surface area contributed by atoms with Crippen LogP contribution in [0, 0.1) is 0 Å². The van der Waals surface area contributed by atoms with E-state index in [0.717, 1.165) is 21.2 Å². The number of aliphatic hydroxyl groups is 1. The van der Waals surface area contributed by atoms with Crippen LogP contribution >= 0.6 is 11.3 Å². The van der Waals surface area contributed by atoms with E-state index in [1.807, 2.05) is 24.3 Å². The van der Waals surface area contributed by atoms with Gasteiger partial charge in [0.25, 0.3) is 0 Å². The molecule has 0 aliphatic heterocycles. The van der Waals surface area contributed by atoms with E-state index in [2.05, 4.69) is 4.98 Å². The lowest BCUT2D eigenvalue weighted by molar-refractivity contribution is 0.0823. The first-order valence-electron chi connectivity index (χ1n) is 5.34. The van der Waals surface area contributed by atoms with Crippen LogP contribution in [0.2, 0.25) is 0 Å². The third-order valence-electron chi connectivity index (χ3n) is 2.45. The van der Waals surface area contributed by atoms with Gasteiger partial charge in [-0.05, 0) is 38.1 Å². The fraction of sp³-hybridized carbons (Fsp3) is 0.308. The van der Waals surface area contributed by atoms with Crippen LogP contribution in [0.3, 0.4) is 0 Å². The molecule has 0 amide bonds. The van der Waals surface area contributed by atoms with Crippen molar-refractivity contribution in [2.24, 2.45) is 0 Å². The van der Waals surface area contributed by atoms with Crippen molar-refractivity contribution in [2.75, 3.05) is 7.11 Å². The zero-order valence-corrected chi connectivity index (χ0v) is 10.9. The lowest BCUT2D eigenvalue weighted by Crippen LogP contribution is -2.12. The molecule has 0 aliphatic rings. The summed E-state index contributed by atoms with van der Waals surface area (Å²) in [7, 11) is 1.64. The van der Waals surface area contributed by atoms with Gasteiger partial charge < -0.3 is 9.84 Å². The highest BCUT2D eigenvalue weighted by atomic mass is 32.1. The zero-order chi connectivity index (χ0) is 12.5. The van der Waals surface area contributed by atoms with Gasteiger partial charge in [0.2, 0.25) is 0 Å². The van der Waals surface area contributed by atoms with Gasteiger partial charge in [-0.2, -0.15) is 0 Å². The van der Waals surface area contributed by atoms with Crippen molar-refractivity contribution in [3.63, 3.8) is 0 Å². The molecule has 0 radical (unpaired) electrons. The quantitative estimate of drug-likeness (QED) is 0.909. The second kappa shape index (κ2) is 4.47. The van der Waals surface area contributed by atoms with Crippen LogP contribution in [0.15, 0.2) is 30.5 Å². The third-order valence-corrected chi connectivity index (χ3v) is 3.80. The van der Waals surface area contributed by atoms with Crippen LogP contribution in [0.1, 0.15) is 18.7 Å². The summed E-state index contributed by atoms with van der Waals surface area (Å²) in [5, 5.41) is 10.8. The van der Waals surface area contributed by atoms with E-state index in [-0.39, 0.29) is 0 Å². The molecule has 2 aromatic rings. The maximum Gasteiger partial charge on any atom is 0.123 e. The molecular weight excluding hydrogens is 234 g/mol. The Morgan fingerprint density at radius 1 is 1.24 bits per heavy atom. The van der Waals surface area contributed by atoms with Crippen LogP contribution < -0.4 is 4.74 Å². The van der Waals surface area contributed by atoms with Gasteiger partial charge in [0.05, 0.1) is 17.6 Å². The molecule has 0 saturated carbocycles. The van der Waals surface area contributed by atoms with Crippen LogP contribution in [0.25, 0.3) is 10.6 Å². The largest absolute Gasteiger partial charge is 0.497 e. The molecule has 0 aliphatic carbocycles. The summed E-state index contributed by atoms with van der Waals surface area (Å²) in [4.78, 5) is 5.19. The van der Waals surface area contributed by atoms with Crippen LogP contribution in [-0.4, -0.2) is 17.2 Å². The first-order valence-corrected chi connectivity index (χ1v) is 6.15. The average molecular weight is 249 g/mol. The van der Waals surface area contributed by atoms with Crippen molar-refractivity contribution in [3.8, 4) is 16.3 Å². The molecule has 4 heteroatoms. The van der Waals surface area contributed by atoms with Gasteiger partial charge in [-0.1, -0.05) is 0 Å². The van der Waals surface area contributed by atoms with E-state index in [1.165, 1.54) is 11.3 Å². The maximum atomic E-state index is 9.88. The summed E-state index contributed by atoms with van der Waals surface area (Å²) in [6.07, 6.45) is 1.73. The second-order valence-electron chi connectivity index (χ2n) is 4.32. The first kappa shape index (κ1) is 12.1. The minimum atomic E-state index is -0.831. The molecule has 0 bridgehead atoms. The molecule has 1 heterocycles. The van der Waals surface area contributed by atoms with Crippen LogP contribution in [-0.2, 0) is 5.60 Å². The number of aromatic nitrogens is 1. The summed E-state index contributed by atoms with van der Waals surface area (Å²) >= 11 is 1.50. The van der Waals surface area contributed by atoms with E-state index in [1.54, 1.807) is 27.2 Å². The maximum absolute atomic E-state index is 9.88. The van der Waals surface area contributed by atoms with Gasteiger partial charge in [-0.15, -0.1) is 11.3 Å². The molecule has 17 heavy (non-hydrogen) atoms. The monoisotopic (exact) mass is 249 g/mol. The minimum Gasteiger partial charge on any atom is -0.497 e. The number of hydrogen-bond acceptors (Lipinski definition) is 4. The van der Waals surface area contributed by atoms with Crippen molar-refractivity contribution < 1.29 is 9.84 Å². The lowest BCUT2D eigenvalue weighted by atomic mass is 10.1. The normalized spacial score (nSPS) is 11.5. The highest BCUT2D eigenvalue weighted by molar-refractivity contribution is 7.15. The summed E-state index contributed by atoms with van der Waals surface area (Å²) < 4.78 is 5.11. The number of ether oxygens (including phenoxy) is 1. The highest BCUT2D eigenvalue weighted by Crippen LogP contribution is 2.32. The summed E-state index contributed by atoms with van der Waals surface area (Å²) in [5.74, 6) is 0.827. The van der Waals surface area contributed by atoms with E-state index in [0.29, 0.717) is 0 Å². The molecule has 0 fully saturated rings. The Balaban J connectivity index is 2.30. The summed E-state index contributed by atoms with van der Waals surface area (Å²) in [5.41, 5.74) is 0.203. The van der Waals surface area contributed by atoms with E-state index >= 15 is 0 Å². The highest BCUT2D eigenvalue weighted by Gasteiger charge is 2.19. The number of thiazole rings is 1. The Labute approximate surface area is 105 Å². The van der Waals surface area contributed by atoms with Gasteiger partial charge in [0.15, 0.2) is 0 Å².